The smallest absolute Gasteiger partial charge is 0.282 e. The van der Waals surface area contributed by atoms with Crippen LogP contribution in [0.4, 0.5) is 11.4 Å². The van der Waals surface area contributed by atoms with E-state index in [0.717, 1.165) is 5.56 Å². The Labute approximate surface area is 184 Å². The van der Waals surface area contributed by atoms with Gasteiger partial charge in [0.25, 0.3) is 11.8 Å². The average molecular weight is 456 g/mol. The number of azo groups is 1. The number of imide groups is 1. The van der Waals surface area contributed by atoms with E-state index in [2.05, 4.69) is 20.6 Å². The van der Waals surface area contributed by atoms with E-state index >= 15 is 0 Å². The molecule has 12 heteroatoms. The van der Waals surface area contributed by atoms with E-state index in [-0.39, 0.29) is 16.3 Å². The third kappa shape index (κ3) is 5.47. The highest BCUT2D eigenvalue weighted by Crippen LogP contribution is 2.20. The van der Waals surface area contributed by atoms with Crippen molar-refractivity contribution in [2.75, 3.05) is 5.32 Å². The molecule has 1 aliphatic heterocycles. The van der Waals surface area contributed by atoms with Gasteiger partial charge in [0.05, 0.1) is 16.3 Å². The molecule has 3 N–H and O–H groups in total. The van der Waals surface area contributed by atoms with Crippen LogP contribution in [-0.4, -0.2) is 42.9 Å². The molecule has 166 valence electrons. The molecule has 0 aliphatic carbocycles. The topological polar surface area (TPSA) is 164 Å². The Morgan fingerprint density at radius 1 is 1.09 bits per heavy atom. The minimum Gasteiger partial charge on any atom is -0.326 e. The number of rotatable bonds is 6. The summed E-state index contributed by atoms with van der Waals surface area (Å²) in [4.78, 5) is 37.0. The van der Waals surface area contributed by atoms with Crippen LogP contribution in [0.15, 0.2) is 68.8 Å². The first-order valence-electron chi connectivity index (χ1n) is 9.37. The summed E-state index contributed by atoms with van der Waals surface area (Å²) in [5, 5.41) is 19.9. The normalized spacial score (nSPS) is 16.3. The summed E-state index contributed by atoms with van der Waals surface area (Å²) < 4.78 is 22.6. The first-order chi connectivity index (χ1) is 15.0. The molecular formula is C20H20N6O5S. The zero-order valence-corrected chi connectivity index (χ0v) is 18.0. The molecule has 0 spiro atoms. The zero-order valence-electron chi connectivity index (χ0n) is 17.2. The van der Waals surface area contributed by atoms with Crippen LogP contribution in [0, 0.1) is 6.92 Å². The van der Waals surface area contributed by atoms with E-state index in [1.807, 2.05) is 19.1 Å². The van der Waals surface area contributed by atoms with Crippen molar-refractivity contribution < 1.29 is 22.8 Å². The largest absolute Gasteiger partial charge is 0.326 e. The molecule has 32 heavy (non-hydrogen) atoms. The lowest BCUT2D eigenvalue weighted by atomic mass is 10.2. The first kappa shape index (κ1) is 22.9. The number of amides is 3. The Morgan fingerprint density at radius 3 is 2.31 bits per heavy atom. The second kappa shape index (κ2) is 9.16. The van der Waals surface area contributed by atoms with Crippen molar-refractivity contribution in [2.24, 2.45) is 20.5 Å². The van der Waals surface area contributed by atoms with Crippen molar-refractivity contribution >= 4 is 44.8 Å². The number of carbonyl (C=O) groups excluding carboxylic acids is 3. The standard InChI is InChI=1S/C20H20N6O5S/c1-12-3-5-14(6-4-12)22-17(27)11-18(28)26-20(29)19(13(2)25-26)24-23-15-7-9-16(10-8-15)32(21,30)31/h3-10,19H,11H2,1-2H3,(H,22,27)(H2,21,30,31). The van der Waals surface area contributed by atoms with Crippen LogP contribution in [0.25, 0.3) is 0 Å². The van der Waals surface area contributed by atoms with E-state index in [1.165, 1.54) is 31.2 Å². The molecule has 2 aromatic carbocycles. The lowest BCUT2D eigenvalue weighted by Gasteiger charge is -2.11. The van der Waals surface area contributed by atoms with Crippen LogP contribution in [0.5, 0.6) is 0 Å². The van der Waals surface area contributed by atoms with Crippen molar-refractivity contribution in [3.8, 4) is 0 Å². The van der Waals surface area contributed by atoms with Gasteiger partial charge in [0.2, 0.25) is 15.9 Å². The molecule has 1 aliphatic rings. The number of benzene rings is 2. The number of aryl methyl sites for hydroxylation is 1. The fraction of sp³-hybridized carbons (Fsp3) is 0.200. The number of nitrogens with zero attached hydrogens (tertiary/aromatic N) is 4. The summed E-state index contributed by atoms with van der Waals surface area (Å²) in [5.74, 6) is -2.12. The highest BCUT2D eigenvalue weighted by molar-refractivity contribution is 7.89. The van der Waals surface area contributed by atoms with Crippen molar-refractivity contribution in [1.29, 1.82) is 0 Å². The number of anilines is 1. The highest BCUT2D eigenvalue weighted by Gasteiger charge is 2.38. The van der Waals surface area contributed by atoms with Crippen LogP contribution < -0.4 is 10.5 Å². The molecule has 1 heterocycles. The summed E-state index contributed by atoms with van der Waals surface area (Å²) >= 11 is 0. The quantitative estimate of drug-likeness (QED) is 0.500. The molecule has 3 amide bonds. The third-order valence-corrected chi connectivity index (χ3v) is 5.36. The van der Waals surface area contributed by atoms with Crippen molar-refractivity contribution in [2.45, 2.75) is 31.2 Å². The van der Waals surface area contributed by atoms with E-state index in [0.29, 0.717) is 10.7 Å². The maximum atomic E-state index is 12.6. The summed E-state index contributed by atoms with van der Waals surface area (Å²) in [7, 11) is -3.84. The molecule has 0 saturated heterocycles. The Hall–Kier alpha value is -3.77. The fourth-order valence-corrected chi connectivity index (χ4v) is 3.26. The van der Waals surface area contributed by atoms with Crippen molar-refractivity contribution in [3.63, 3.8) is 0 Å². The zero-order chi connectivity index (χ0) is 23.5. The predicted octanol–water partition coefficient (Wildman–Crippen LogP) is 1.87. The van der Waals surface area contributed by atoms with Crippen LogP contribution in [0.3, 0.4) is 0 Å². The molecule has 2 aromatic rings. The van der Waals surface area contributed by atoms with Crippen LogP contribution in [0.2, 0.25) is 0 Å². The van der Waals surface area contributed by atoms with Gasteiger partial charge in [-0.25, -0.2) is 13.6 Å². The second-order valence-electron chi connectivity index (χ2n) is 7.03. The number of hydrazone groups is 1. The van der Waals surface area contributed by atoms with Crippen molar-refractivity contribution in [3.05, 3.63) is 54.1 Å². The minimum atomic E-state index is -3.84. The van der Waals surface area contributed by atoms with Gasteiger partial charge in [-0.1, -0.05) is 17.7 Å². The SMILES string of the molecule is CC1=NN(C(=O)CC(=O)Nc2ccc(C)cc2)C(=O)C1N=Nc1ccc(S(N)(=O)=O)cc1. The van der Waals surface area contributed by atoms with E-state index in [4.69, 9.17) is 5.14 Å². The van der Waals surface area contributed by atoms with E-state index in [1.54, 1.807) is 12.1 Å². The van der Waals surface area contributed by atoms with Crippen LogP contribution in [-0.2, 0) is 24.4 Å². The minimum absolute atomic E-state index is 0.0909. The van der Waals surface area contributed by atoms with Gasteiger partial charge < -0.3 is 5.32 Å². The van der Waals surface area contributed by atoms with Gasteiger partial charge in [0, 0.05) is 5.69 Å². The monoisotopic (exact) mass is 456 g/mol. The maximum absolute atomic E-state index is 12.6. The molecular weight excluding hydrogens is 436 g/mol. The third-order valence-electron chi connectivity index (χ3n) is 4.43. The van der Waals surface area contributed by atoms with Gasteiger partial charge in [-0.15, -0.1) is 0 Å². The Balaban J connectivity index is 1.62. The number of primary sulfonamides is 1. The first-order valence-corrected chi connectivity index (χ1v) is 10.9. The average Bonchev–Trinajstić information content (AvgIpc) is 3.01. The van der Waals surface area contributed by atoms with Gasteiger partial charge in [0.15, 0.2) is 6.04 Å². The number of hydrogen-bond donors (Lipinski definition) is 2. The summed E-state index contributed by atoms with van der Waals surface area (Å²) in [5.41, 5.74) is 2.06. The van der Waals surface area contributed by atoms with E-state index < -0.39 is 40.2 Å². The van der Waals surface area contributed by atoms with Gasteiger partial charge in [-0.05, 0) is 50.2 Å². The maximum Gasteiger partial charge on any atom is 0.282 e. The summed E-state index contributed by atoms with van der Waals surface area (Å²) in [6.07, 6.45) is -0.574. The lowest BCUT2D eigenvalue weighted by molar-refractivity contribution is -0.144. The molecule has 0 aromatic heterocycles. The molecule has 0 radical (unpaired) electrons. The number of nitrogens with one attached hydrogen (secondary N) is 1. The summed E-state index contributed by atoms with van der Waals surface area (Å²) in [6, 6.07) is 11.1. The van der Waals surface area contributed by atoms with Crippen molar-refractivity contribution in [1.82, 2.24) is 5.01 Å². The second-order valence-corrected chi connectivity index (χ2v) is 8.59. The van der Waals surface area contributed by atoms with Crippen LogP contribution in [0.1, 0.15) is 18.9 Å². The lowest BCUT2D eigenvalue weighted by Crippen LogP contribution is -2.36. The van der Waals surface area contributed by atoms with Gasteiger partial charge >= 0.3 is 0 Å². The summed E-state index contributed by atoms with van der Waals surface area (Å²) in [6.45, 7) is 3.41. The molecule has 1 atom stereocenters. The Bertz CT molecular complexity index is 1220. The molecule has 0 saturated carbocycles. The molecule has 0 fully saturated rings. The molecule has 0 bridgehead atoms. The fourth-order valence-electron chi connectivity index (χ4n) is 2.75. The molecule has 1 unspecified atom stereocenters. The Morgan fingerprint density at radius 2 is 1.72 bits per heavy atom. The van der Waals surface area contributed by atoms with Crippen LogP contribution >= 0.6 is 0 Å². The molecule has 3 rings (SSSR count). The number of sulfonamides is 1. The van der Waals surface area contributed by atoms with Gasteiger partial charge in [-0.3, -0.25) is 14.4 Å². The van der Waals surface area contributed by atoms with E-state index in [9.17, 15) is 22.8 Å². The number of carbonyl (C=O) groups is 3. The highest BCUT2D eigenvalue weighted by atomic mass is 32.2. The molecule has 11 nitrogen and oxygen atoms in total. The predicted molar refractivity (Wildman–Crippen MR) is 116 cm³/mol. The number of nitrogens with two attached hydrogens (primary N) is 1. The van der Waals surface area contributed by atoms with Gasteiger partial charge in [-0.2, -0.15) is 20.3 Å². The number of hydrogen-bond acceptors (Lipinski definition) is 8. The Kier molecular flexibility index (Phi) is 6.55. The van der Waals surface area contributed by atoms with Gasteiger partial charge in [0.1, 0.15) is 6.42 Å².